The first kappa shape index (κ1) is 11.6. The monoisotopic (exact) mass is 252 g/mol. The maximum Gasteiger partial charge on any atom is 0.0483 e. The zero-order chi connectivity index (χ0) is 12.2. The molecule has 0 amide bonds. The largest absolute Gasteiger partial charge is 0.141 e. The van der Waals surface area contributed by atoms with E-state index in [1.54, 1.807) is 0 Å². The van der Waals surface area contributed by atoms with Crippen molar-refractivity contribution in [2.45, 2.75) is 16.9 Å². The van der Waals surface area contributed by atoms with Crippen LogP contribution in [0.25, 0.3) is 0 Å². The van der Waals surface area contributed by atoms with Crippen molar-refractivity contribution in [3.05, 3.63) is 83.9 Å². The lowest BCUT2D eigenvalue weighted by molar-refractivity contribution is 0.933. The highest BCUT2D eigenvalue weighted by atomic mass is 32.2. The number of hydrogen-bond acceptors (Lipinski definition) is 1. The van der Waals surface area contributed by atoms with E-state index < -0.39 is 0 Å². The molecule has 2 aromatic carbocycles. The first-order valence-corrected chi connectivity index (χ1v) is 7.30. The van der Waals surface area contributed by atoms with Gasteiger partial charge in [0.15, 0.2) is 0 Å². The molecule has 0 N–H and O–H groups in total. The third-order valence-corrected chi connectivity index (χ3v) is 4.79. The van der Waals surface area contributed by atoms with Gasteiger partial charge in [-0.15, -0.1) is 11.8 Å². The smallest absolute Gasteiger partial charge is 0.0483 e. The summed E-state index contributed by atoms with van der Waals surface area (Å²) in [6.45, 7) is 0. The number of hydrogen-bond donors (Lipinski definition) is 0. The fourth-order valence-corrected chi connectivity index (χ4v) is 3.72. The van der Waals surface area contributed by atoms with Gasteiger partial charge in [0.1, 0.15) is 0 Å². The van der Waals surface area contributed by atoms with Crippen molar-refractivity contribution in [1.82, 2.24) is 0 Å². The second kappa shape index (κ2) is 5.45. The maximum atomic E-state index is 2.33. The van der Waals surface area contributed by atoms with Crippen LogP contribution in [-0.4, -0.2) is 0 Å². The lowest BCUT2D eigenvalue weighted by Crippen LogP contribution is -2.02. The molecular weight excluding hydrogens is 236 g/mol. The molecule has 0 fully saturated rings. The van der Waals surface area contributed by atoms with Crippen molar-refractivity contribution in [1.29, 1.82) is 0 Å². The molecule has 18 heavy (non-hydrogen) atoms. The summed E-state index contributed by atoms with van der Waals surface area (Å²) < 4.78 is 0. The second-order valence-corrected chi connectivity index (χ2v) is 5.88. The van der Waals surface area contributed by atoms with E-state index >= 15 is 0 Å². The summed E-state index contributed by atoms with van der Waals surface area (Å²) in [4.78, 5) is 0. The molecule has 1 heteroatoms. The van der Waals surface area contributed by atoms with Crippen LogP contribution >= 0.6 is 11.8 Å². The van der Waals surface area contributed by atoms with Crippen LogP contribution in [0.5, 0.6) is 0 Å². The van der Waals surface area contributed by atoms with Crippen molar-refractivity contribution in [2.24, 2.45) is 0 Å². The average molecular weight is 252 g/mol. The van der Waals surface area contributed by atoms with Crippen molar-refractivity contribution < 1.29 is 0 Å². The normalized spacial score (nSPS) is 22.9. The van der Waals surface area contributed by atoms with Gasteiger partial charge in [-0.1, -0.05) is 72.8 Å². The first-order chi connectivity index (χ1) is 8.93. The number of allylic oxidation sites excluding steroid dienone is 1. The van der Waals surface area contributed by atoms with E-state index in [0.717, 1.165) is 6.42 Å². The van der Waals surface area contributed by atoms with E-state index in [4.69, 9.17) is 0 Å². The summed E-state index contributed by atoms with van der Waals surface area (Å²) in [6, 6.07) is 21.6. The molecule has 1 heterocycles. The minimum atomic E-state index is 0.491. The van der Waals surface area contributed by atoms with Crippen molar-refractivity contribution in [3.8, 4) is 0 Å². The second-order valence-electron chi connectivity index (χ2n) is 4.53. The molecule has 90 valence electrons. The molecule has 0 spiro atoms. The first-order valence-electron chi connectivity index (χ1n) is 6.35. The topological polar surface area (TPSA) is 0 Å². The molecule has 0 aliphatic carbocycles. The summed E-state index contributed by atoms with van der Waals surface area (Å²) in [5, 5.41) is 1.08. The van der Waals surface area contributed by atoms with Gasteiger partial charge in [-0.05, 0) is 17.5 Å². The van der Waals surface area contributed by atoms with E-state index in [1.165, 1.54) is 11.1 Å². The third-order valence-electron chi connectivity index (χ3n) is 3.27. The average Bonchev–Trinajstić information content (AvgIpc) is 2.49. The Morgan fingerprint density at radius 1 is 0.778 bits per heavy atom. The summed E-state index contributed by atoms with van der Waals surface area (Å²) in [5.41, 5.74) is 2.84. The van der Waals surface area contributed by atoms with Gasteiger partial charge < -0.3 is 0 Å². The lowest BCUT2D eigenvalue weighted by Gasteiger charge is -2.25. The zero-order valence-electron chi connectivity index (χ0n) is 10.2. The Bertz CT molecular complexity index is 516. The number of benzene rings is 2. The van der Waals surface area contributed by atoms with Gasteiger partial charge in [0, 0.05) is 10.5 Å². The molecule has 0 radical (unpaired) electrons. The molecule has 0 bridgehead atoms. The van der Waals surface area contributed by atoms with Gasteiger partial charge in [0.2, 0.25) is 0 Å². The van der Waals surface area contributed by atoms with Gasteiger partial charge in [-0.2, -0.15) is 0 Å². The van der Waals surface area contributed by atoms with Crippen LogP contribution < -0.4 is 0 Å². The summed E-state index contributed by atoms with van der Waals surface area (Å²) >= 11 is 2.05. The zero-order valence-corrected chi connectivity index (χ0v) is 11.0. The molecule has 2 aromatic rings. The highest BCUT2D eigenvalue weighted by Crippen LogP contribution is 2.46. The van der Waals surface area contributed by atoms with Crippen LogP contribution in [0.3, 0.4) is 0 Å². The van der Waals surface area contributed by atoms with E-state index in [2.05, 4.69) is 84.6 Å². The Hall–Kier alpha value is -1.47. The SMILES string of the molecule is C1=C[C@H](c2ccccc2)S[C@H](c2ccccc2)C1. The fourth-order valence-electron chi connectivity index (χ4n) is 2.32. The predicted octanol–water partition coefficient (Wildman–Crippen LogP) is 5.16. The Kier molecular flexibility index (Phi) is 3.51. The van der Waals surface area contributed by atoms with Crippen LogP contribution in [0.4, 0.5) is 0 Å². The predicted molar refractivity (Wildman–Crippen MR) is 79.7 cm³/mol. The Morgan fingerprint density at radius 2 is 1.39 bits per heavy atom. The minimum absolute atomic E-state index is 0.491. The van der Waals surface area contributed by atoms with Gasteiger partial charge in [0.05, 0.1) is 0 Å². The fraction of sp³-hybridized carbons (Fsp3) is 0.176. The van der Waals surface area contributed by atoms with Crippen LogP contribution in [0.15, 0.2) is 72.8 Å². The lowest BCUT2D eigenvalue weighted by atomic mass is 10.1. The highest BCUT2D eigenvalue weighted by molar-refractivity contribution is 8.00. The van der Waals surface area contributed by atoms with Gasteiger partial charge >= 0.3 is 0 Å². The van der Waals surface area contributed by atoms with Crippen molar-refractivity contribution in [2.75, 3.05) is 0 Å². The maximum absolute atomic E-state index is 2.33. The quantitative estimate of drug-likeness (QED) is 0.665. The summed E-state index contributed by atoms with van der Waals surface area (Å²) in [5.74, 6) is 0. The molecule has 1 aliphatic heterocycles. The molecule has 2 atom stereocenters. The van der Waals surface area contributed by atoms with E-state index in [9.17, 15) is 0 Å². The van der Waals surface area contributed by atoms with Crippen LogP contribution in [0, 0.1) is 0 Å². The third kappa shape index (κ3) is 2.51. The van der Waals surface area contributed by atoms with Gasteiger partial charge in [0.25, 0.3) is 0 Å². The number of thioether (sulfide) groups is 1. The van der Waals surface area contributed by atoms with E-state index in [0.29, 0.717) is 10.5 Å². The van der Waals surface area contributed by atoms with Gasteiger partial charge in [-0.25, -0.2) is 0 Å². The van der Waals surface area contributed by atoms with Gasteiger partial charge in [-0.3, -0.25) is 0 Å². The minimum Gasteiger partial charge on any atom is -0.141 e. The van der Waals surface area contributed by atoms with Crippen molar-refractivity contribution >= 4 is 11.8 Å². The van der Waals surface area contributed by atoms with Crippen LogP contribution in [-0.2, 0) is 0 Å². The Morgan fingerprint density at radius 3 is 2.06 bits per heavy atom. The molecule has 0 saturated heterocycles. The molecule has 0 aromatic heterocycles. The molecular formula is C17H16S. The van der Waals surface area contributed by atoms with Crippen LogP contribution in [0.1, 0.15) is 28.0 Å². The number of rotatable bonds is 2. The Balaban J connectivity index is 1.81. The van der Waals surface area contributed by atoms with Crippen LogP contribution in [0.2, 0.25) is 0 Å². The summed E-state index contributed by atoms with van der Waals surface area (Å²) in [6.07, 6.45) is 5.79. The molecule has 3 rings (SSSR count). The van der Waals surface area contributed by atoms with E-state index in [-0.39, 0.29) is 0 Å². The molecule has 0 saturated carbocycles. The molecule has 0 nitrogen and oxygen atoms in total. The molecule has 1 aliphatic rings. The van der Waals surface area contributed by atoms with E-state index in [1.807, 2.05) is 0 Å². The standard InChI is InChI=1S/C17H16S/c1-3-8-14(9-4-1)16-12-7-13-17(18-16)15-10-5-2-6-11-15/h1-12,16-17H,13H2/t16-,17+/m1/s1. The Labute approximate surface area is 113 Å². The molecule has 0 unspecified atom stereocenters. The van der Waals surface area contributed by atoms with Crippen molar-refractivity contribution in [3.63, 3.8) is 0 Å². The highest BCUT2D eigenvalue weighted by Gasteiger charge is 2.20. The summed E-state index contributed by atoms with van der Waals surface area (Å²) in [7, 11) is 0.